The van der Waals surface area contributed by atoms with Gasteiger partial charge < -0.3 is 10.6 Å². The monoisotopic (exact) mass is 369 g/mol. The van der Waals surface area contributed by atoms with Gasteiger partial charge in [-0.05, 0) is 56.3 Å². The average Bonchev–Trinajstić information content (AvgIpc) is 3.39. The normalized spacial score (nSPS) is 19.8. The molecule has 1 heterocycles. The third-order valence-corrected chi connectivity index (χ3v) is 6.63. The molecule has 3 rings (SSSR count). The van der Waals surface area contributed by atoms with Crippen molar-refractivity contribution < 1.29 is 17.6 Å². The number of hydrogen-bond donors (Lipinski definition) is 2. The van der Waals surface area contributed by atoms with Crippen molar-refractivity contribution in [3.63, 3.8) is 0 Å². The lowest BCUT2D eigenvalue weighted by Gasteiger charge is -2.31. The van der Waals surface area contributed by atoms with Gasteiger partial charge in [-0.3, -0.25) is 4.79 Å². The van der Waals surface area contributed by atoms with E-state index in [1.165, 1.54) is 36.2 Å². The minimum Gasteiger partial charge on any atom is -0.324 e. The molecule has 8 heteroatoms. The van der Waals surface area contributed by atoms with Gasteiger partial charge in [0.1, 0.15) is 5.82 Å². The summed E-state index contributed by atoms with van der Waals surface area (Å²) < 4.78 is 40.8. The molecule has 1 aromatic rings. The van der Waals surface area contributed by atoms with Crippen molar-refractivity contribution in [2.75, 3.05) is 25.0 Å². The Morgan fingerprint density at radius 1 is 1.24 bits per heavy atom. The number of nitrogens with zero attached hydrogens (tertiary/aromatic N) is 1. The van der Waals surface area contributed by atoms with E-state index in [2.05, 4.69) is 10.6 Å². The summed E-state index contributed by atoms with van der Waals surface area (Å²) in [7, 11) is -3.69. The van der Waals surface area contributed by atoms with Crippen LogP contribution in [0, 0.1) is 11.7 Å². The predicted octanol–water partition coefficient (Wildman–Crippen LogP) is 1.94. The van der Waals surface area contributed by atoms with Gasteiger partial charge in [-0.2, -0.15) is 4.31 Å². The van der Waals surface area contributed by atoms with E-state index in [1.54, 1.807) is 0 Å². The van der Waals surface area contributed by atoms with Gasteiger partial charge in [0.15, 0.2) is 0 Å². The van der Waals surface area contributed by atoms with Crippen LogP contribution in [0.2, 0.25) is 0 Å². The molecule has 1 aliphatic carbocycles. The van der Waals surface area contributed by atoms with E-state index in [9.17, 15) is 17.6 Å². The number of benzene rings is 1. The van der Waals surface area contributed by atoms with Gasteiger partial charge in [-0.1, -0.05) is 0 Å². The van der Waals surface area contributed by atoms with Crippen LogP contribution in [0.5, 0.6) is 0 Å². The molecule has 0 bridgehead atoms. The maximum atomic E-state index is 13.7. The number of rotatable bonds is 6. The first-order chi connectivity index (χ1) is 11.9. The number of sulfonamides is 1. The van der Waals surface area contributed by atoms with E-state index in [1.807, 2.05) is 0 Å². The van der Waals surface area contributed by atoms with Gasteiger partial charge in [-0.15, -0.1) is 0 Å². The van der Waals surface area contributed by atoms with E-state index in [4.69, 9.17) is 0 Å². The van der Waals surface area contributed by atoms with Crippen molar-refractivity contribution in [2.45, 2.75) is 43.5 Å². The molecule has 0 aromatic heterocycles. The highest BCUT2D eigenvalue weighted by molar-refractivity contribution is 7.89. The van der Waals surface area contributed by atoms with Gasteiger partial charge in [0, 0.05) is 26.1 Å². The highest BCUT2D eigenvalue weighted by atomic mass is 32.2. The summed E-state index contributed by atoms with van der Waals surface area (Å²) in [6.45, 7) is 3.16. The second-order valence-electron chi connectivity index (χ2n) is 6.85. The van der Waals surface area contributed by atoms with Gasteiger partial charge in [0.25, 0.3) is 0 Å². The van der Waals surface area contributed by atoms with Crippen molar-refractivity contribution in [3.05, 3.63) is 24.0 Å². The lowest BCUT2D eigenvalue weighted by atomic mass is 10.1. The van der Waals surface area contributed by atoms with Crippen molar-refractivity contribution in [1.29, 1.82) is 0 Å². The van der Waals surface area contributed by atoms with Gasteiger partial charge >= 0.3 is 0 Å². The number of amides is 1. The first kappa shape index (κ1) is 18.3. The fourth-order valence-electron chi connectivity index (χ4n) is 3.05. The second-order valence-corrected chi connectivity index (χ2v) is 8.79. The Morgan fingerprint density at radius 2 is 1.92 bits per heavy atom. The standard InChI is InChI=1S/C17H24FN3O3S/c1-12(22)20-17-10-15(4-5-16(17)18)25(23,24)21-8-6-14(7-9-21)19-11-13-2-3-13/h4-5,10,13-14,19H,2-3,6-9,11H2,1H3,(H,20,22). The first-order valence-corrected chi connectivity index (χ1v) is 10.1. The molecule has 1 saturated carbocycles. The van der Waals surface area contributed by atoms with Crippen LogP contribution in [0.15, 0.2) is 23.1 Å². The van der Waals surface area contributed by atoms with Crippen molar-refractivity contribution >= 4 is 21.6 Å². The molecule has 1 aliphatic heterocycles. The van der Waals surface area contributed by atoms with Crippen LogP contribution in [0.1, 0.15) is 32.6 Å². The number of halogens is 1. The van der Waals surface area contributed by atoms with Crippen LogP contribution in [0.25, 0.3) is 0 Å². The third-order valence-electron chi connectivity index (χ3n) is 4.73. The number of hydrogen-bond acceptors (Lipinski definition) is 4. The van der Waals surface area contributed by atoms with Crippen molar-refractivity contribution in [2.24, 2.45) is 5.92 Å². The summed E-state index contributed by atoms with van der Waals surface area (Å²) in [5.74, 6) is -0.304. The van der Waals surface area contributed by atoms with Crippen LogP contribution in [0.4, 0.5) is 10.1 Å². The highest BCUT2D eigenvalue weighted by Crippen LogP contribution is 2.29. The smallest absolute Gasteiger partial charge is 0.243 e. The maximum absolute atomic E-state index is 13.7. The zero-order valence-electron chi connectivity index (χ0n) is 14.3. The van der Waals surface area contributed by atoms with Crippen LogP contribution in [-0.4, -0.2) is 44.3 Å². The Bertz CT molecular complexity index is 742. The molecule has 0 spiro atoms. The molecule has 6 nitrogen and oxygen atoms in total. The molecule has 2 N–H and O–H groups in total. The number of carbonyl (C=O) groups excluding carboxylic acids is 1. The maximum Gasteiger partial charge on any atom is 0.243 e. The average molecular weight is 369 g/mol. The zero-order valence-corrected chi connectivity index (χ0v) is 15.1. The highest BCUT2D eigenvalue weighted by Gasteiger charge is 2.30. The Labute approximate surface area is 147 Å². The van der Waals surface area contributed by atoms with E-state index in [0.717, 1.165) is 31.4 Å². The minimum absolute atomic E-state index is 0.00189. The fourth-order valence-corrected chi connectivity index (χ4v) is 4.55. The second kappa shape index (κ2) is 7.39. The van der Waals surface area contributed by atoms with Gasteiger partial charge in [0.05, 0.1) is 10.6 Å². The van der Waals surface area contributed by atoms with E-state index < -0.39 is 21.7 Å². The van der Waals surface area contributed by atoms with Crippen LogP contribution in [-0.2, 0) is 14.8 Å². The molecule has 25 heavy (non-hydrogen) atoms. The number of carbonyl (C=O) groups is 1. The Hall–Kier alpha value is -1.51. The Balaban J connectivity index is 1.66. The molecule has 0 radical (unpaired) electrons. The molecular weight excluding hydrogens is 345 g/mol. The lowest BCUT2D eigenvalue weighted by Crippen LogP contribution is -2.45. The molecule has 2 aliphatic rings. The molecule has 2 fully saturated rings. The van der Waals surface area contributed by atoms with Crippen LogP contribution < -0.4 is 10.6 Å². The Kier molecular flexibility index (Phi) is 5.41. The summed E-state index contributed by atoms with van der Waals surface area (Å²) in [6, 6.07) is 3.86. The quantitative estimate of drug-likeness (QED) is 0.803. The van der Waals surface area contributed by atoms with Crippen LogP contribution >= 0.6 is 0 Å². The van der Waals surface area contributed by atoms with Gasteiger partial charge in [-0.25, -0.2) is 12.8 Å². The number of nitrogens with one attached hydrogen (secondary N) is 2. The first-order valence-electron chi connectivity index (χ1n) is 8.67. The molecule has 138 valence electrons. The summed E-state index contributed by atoms with van der Waals surface area (Å²) in [5, 5.41) is 5.84. The summed E-state index contributed by atoms with van der Waals surface area (Å²) in [4.78, 5) is 11.1. The topological polar surface area (TPSA) is 78.5 Å². The summed E-state index contributed by atoms with van der Waals surface area (Å²) in [5.41, 5.74) is -0.116. The Morgan fingerprint density at radius 3 is 2.52 bits per heavy atom. The van der Waals surface area contributed by atoms with Crippen molar-refractivity contribution in [1.82, 2.24) is 9.62 Å². The van der Waals surface area contributed by atoms with E-state index in [-0.39, 0.29) is 10.6 Å². The largest absolute Gasteiger partial charge is 0.324 e. The molecule has 0 unspecified atom stereocenters. The van der Waals surface area contributed by atoms with Crippen molar-refractivity contribution in [3.8, 4) is 0 Å². The van der Waals surface area contributed by atoms with E-state index in [0.29, 0.717) is 19.1 Å². The summed E-state index contributed by atoms with van der Waals surface area (Å²) in [6.07, 6.45) is 4.13. The molecular formula is C17H24FN3O3S. The van der Waals surface area contributed by atoms with Gasteiger partial charge in [0.2, 0.25) is 15.9 Å². The number of anilines is 1. The predicted molar refractivity (Wildman–Crippen MR) is 93.2 cm³/mol. The summed E-state index contributed by atoms with van der Waals surface area (Å²) >= 11 is 0. The lowest BCUT2D eigenvalue weighted by molar-refractivity contribution is -0.114. The molecule has 1 aromatic carbocycles. The fraction of sp³-hybridized carbons (Fsp3) is 0.588. The number of piperidine rings is 1. The van der Waals surface area contributed by atoms with E-state index >= 15 is 0 Å². The molecule has 0 atom stereocenters. The van der Waals surface area contributed by atoms with Crippen LogP contribution in [0.3, 0.4) is 0 Å². The zero-order chi connectivity index (χ0) is 18.0. The third kappa shape index (κ3) is 4.56. The SMILES string of the molecule is CC(=O)Nc1cc(S(=O)(=O)N2CCC(NCC3CC3)CC2)ccc1F. The molecule has 1 amide bonds. The molecule has 1 saturated heterocycles. The minimum atomic E-state index is -3.69.